The summed E-state index contributed by atoms with van der Waals surface area (Å²) in [5.74, 6) is 0.0588. The normalized spacial score (nSPS) is 10.3. The minimum absolute atomic E-state index is 0.0588. The van der Waals surface area contributed by atoms with Crippen molar-refractivity contribution in [3.63, 3.8) is 0 Å². The van der Waals surface area contributed by atoms with Crippen molar-refractivity contribution in [3.05, 3.63) is 64.4 Å². The van der Waals surface area contributed by atoms with Gasteiger partial charge in [0.05, 0.1) is 0 Å². The monoisotopic (exact) mass is 259 g/mol. The summed E-state index contributed by atoms with van der Waals surface area (Å²) in [7, 11) is 0. The van der Waals surface area contributed by atoms with E-state index in [1.807, 2.05) is 12.1 Å². The zero-order valence-corrected chi connectivity index (χ0v) is 10.9. The van der Waals surface area contributed by atoms with Gasteiger partial charge in [0, 0.05) is 18.2 Å². The molecular weight excluding hydrogens is 246 g/mol. The third kappa shape index (κ3) is 3.17. The summed E-state index contributed by atoms with van der Waals surface area (Å²) in [6.07, 6.45) is 2.95. The maximum absolute atomic E-state index is 12.0. The molecule has 0 bridgehead atoms. The SMILES string of the molecule is CCc1ccc(CC(=O)c2ccnc(Cl)c2)cc1. The van der Waals surface area contributed by atoms with Crippen molar-refractivity contribution >= 4 is 17.4 Å². The van der Waals surface area contributed by atoms with Crippen molar-refractivity contribution in [2.24, 2.45) is 0 Å². The topological polar surface area (TPSA) is 30.0 Å². The Hall–Kier alpha value is -1.67. The fourth-order valence-electron chi connectivity index (χ4n) is 1.76. The van der Waals surface area contributed by atoms with E-state index in [9.17, 15) is 4.79 Å². The van der Waals surface area contributed by atoms with E-state index in [1.165, 1.54) is 5.56 Å². The molecule has 1 heterocycles. The average Bonchev–Trinajstić information content (AvgIpc) is 2.39. The highest BCUT2D eigenvalue weighted by Gasteiger charge is 2.07. The molecule has 0 N–H and O–H groups in total. The Morgan fingerprint density at radius 3 is 2.44 bits per heavy atom. The first-order chi connectivity index (χ1) is 8.69. The number of carbonyl (C=O) groups excluding carboxylic acids is 1. The standard InChI is InChI=1S/C15H14ClNO/c1-2-11-3-5-12(6-4-11)9-14(18)13-7-8-17-15(16)10-13/h3-8,10H,2,9H2,1H3. The second-order valence-corrected chi connectivity index (χ2v) is 4.52. The van der Waals surface area contributed by atoms with E-state index < -0.39 is 0 Å². The van der Waals surface area contributed by atoms with Crippen molar-refractivity contribution in [2.75, 3.05) is 0 Å². The first kappa shape index (κ1) is 12.8. The average molecular weight is 260 g/mol. The van der Waals surface area contributed by atoms with Crippen molar-refractivity contribution in [1.29, 1.82) is 0 Å². The highest BCUT2D eigenvalue weighted by molar-refractivity contribution is 6.29. The summed E-state index contributed by atoms with van der Waals surface area (Å²) >= 11 is 5.77. The number of Topliss-reactive ketones (excluding diaryl/α,β-unsaturated/α-hetero) is 1. The lowest BCUT2D eigenvalue weighted by atomic mass is 10.0. The molecule has 0 atom stereocenters. The molecule has 0 aliphatic rings. The van der Waals surface area contributed by atoms with E-state index in [-0.39, 0.29) is 5.78 Å². The van der Waals surface area contributed by atoms with E-state index in [0.29, 0.717) is 17.1 Å². The largest absolute Gasteiger partial charge is 0.294 e. The third-order valence-electron chi connectivity index (χ3n) is 2.84. The van der Waals surface area contributed by atoms with Crippen LogP contribution in [-0.2, 0) is 12.8 Å². The molecule has 18 heavy (non-hydrogen) atoms. The van der Waals surface area contributed by atoms with Crippen molar-refractivity contribution in [2.45, 2.75) is 19.8 Å². The molecule has 0 aliphatic heterocycles. The maximum Gasteiger partial charge on any atom is 0.167 e. The lowest BCUT2D eigenvalue weighted by Gasteiger charge is -2.03. The van der Waals surface area contributed by atoms with Gasteiger partial charge in [-0.3, -0.25) is 4.79 Å². The quantitative estimate of drug-likeness (QED) is 0.619. The van der Waals surface area contributed by atoms with E-state index in [2.05, 4.69) is 24.0 Å². The summed E-state index contributed by atoms with van der Waals surface area (Å²) in [5.41, 5.74) is 2.90. The number of aromatic nitrogens is 1. The van der Waals surface area contributed by atoms with Crippen LogP contribution in [0.25, 0.3) is 0 Å². The third-order valence-corrected chi connectivity index (χ3v) is 3.05. The van der Waals surface area contributed by atoms with Gasteiger partial charge in [-0.1, -0.05) is 42.8 Å². The molecule has 1 aromatic carbocycles. The van der Waals surface area contributed by atoms with Crippen LogP contribution >= 0.6 is 11.6 Å². The molecule has 0 unspecified atom stereocenters. The van der Waals surface area contributed by atoms with Crippen LogP contribution in [0.4, 0.5) is 0 Å². The van der Waals surface area contributed by atoms with Gasteiger partial charge >= 0.3 is 0 Å². The maximum atomic E-state index is 12.0. The predicted molar refractivity (Wildman–Crippen MR) is 73.1 cm³/mol. The number of halogens is 1. The van der Waals surface area contributed by atoms with Crippen molar-refractivity contribution in [3.8, 4) is 0 Å². The number of hydrogen-bond acceptors (Lipinski definition) is 2. The lowest BCUT2D eigenvalue weighted by Crippen LogP contribution is -2.03. The van der Waals surface area contributed by atoms with E-state index in [4.69, 9.17) is 11.6 Å². The Labute approximate surface area is 112 Å². The smallest absolute Gasteiger partial charge is 0.167 e. The molecule has 2 aromatic rings. The molecule has 0 aliphatic carbocycles. The molecule has 2 rings (SSSR count). The molecule has 0 spiro atoms. The molecule has 0 radical (unpaired) electrons. The summed E-state index contributed by atoms with van der Waals surface area (Å²) in [6.45, 7) is 2.11. The minimum Gasteiger partial charge on any atom is -0.294 e. The first-order valence-electron chi connectivity index (χ1n) is 5.91. The van der Waals surface area contributed by atoms with Crippen LogP contribution in [0.15, 0.2) is 42.6 Å². The molecular formula is C15H14ClNO. The number of nitrogens with zero attached hydrogens (tertiary/aromatic N) is 1. The molecule has 0 saturated carbocycles. The van der Waals surface area contributed by atoms with Gasteiger partial charge in [0.25, 0.3) is 0 Å². The number of rotatable bonds is 4. The van der Waals surface area contributed by atoms with Gasteiger partial charge < -0.3 is 0 Å². The van der Waals surface area contributed by atoms with Crippen LogP contribution in [-0.4, -0.2) is 10.8 Å². The van der Waals surface area contributed by atoms with Crippen LogP contribution in [0.1, 0.15) is 28.4 Å². The summed E-state index contributed by atoms with van der Waals surface area (Å²) in [5, 5.41) is 0.349. The van der Waals surface area contributed by atoms with Gasteiger partial charge in [0.1, 0.15) is 5.15 Å². The van der Waals surface area contributed by atoms with Crippen molar-refractivity contribution in [1.82, 2.24) is 4.98 Å². The Bertz CT molecular complexity index is 549. The van der Waals surface area contributed by atoms with Crippen LogP contribution in [0, 0.1) is 0 Å². The second kappa shape index (κ2) is 5.78. The number of carbonyl (C=O) groups is 1. The minimum atomic E-state index is 0.0588. The lowest BCUT2D eigenvalue weighted by molar-refractivity contribution is 0.0993. The van der Waals surface area contributed by atoms with E-state index >= 15 is 0 Å². The van der Waals surface area contributed by atoms with E-state index in [1.54, 1.807) is 18.3 Å². The van der Waals surface area contributed by atoms with Crippen LogP contribution in [0.2, 0.25) is 5.15 Å². The Morgan fingerprint density at radius 2 is 1.83 bits per heavy atom. The summed E-state index contributed by atoms with van der Waals surface area (Å²) in [6, 6.07) is 11.4. The van der Waals surface area contributed by atoms with Gasteiger partial charge in [-0.2, -0.15) is 0 Å². The fourth-order valence-corrected chi connectivity index (χ4v) is 1.93. The molecule has 92 valence electrons. The highest BCUT2D eigenvalue weighted by Crippen LogP contribution is 2.12. The van der Waals surface area contributed by atoms with Crippen molar-refractivity contribution < 1.29 is 4.79 Å². The van der Waals surface area contributed by atoms with Gasteiger partial charge in [0.15, 0.2) is 5.78 Å². The van der Waals surface area contributed by atoms with Crippen LogP contribution < -0.4 is 0 Å². The zero-order valence-electron chi connectivity index (χ0n) is 10.2. The molecule has 1 aromatic heterocycles. The summed E-state index contributed by atoms with van der Waals surface area (Å²) in [4.78, 5) is 15.9. The van der Waals surface area contributed by atoms with Gasteiger partial charge in [-0.05, 0) is 29.7 Å². The Morgan fingerprint density at radius 1 is 1.17 bits per heavy atom. The molecule has 2 nitrogen and oxygen atoms in total. The van der Waals surface area contributed by atoms with E-state index in [0.717, 1.165) is 12.0 Å². The first-order valence-corrected chi connectivity index (χ1v) is 6.29. The van der Waals surface area contributed by atoms with Crippen LogP contribution in [0.5, 0.6) is 0 Å². The fraction of sp³-hybridized carbons (Fsp3) is 0.200. The number of aryl methyl sites for hydroxylation is 1. The molecule has 0 amide bonds. The van der Waals surface area contributed by atoms with Gasteiger partial charge in [-0.15, -0.1) is 0 Å². The number of pyridine rings is 1. The number of ketones is 1. The second-order valence-electron chi connectivity index (χ2n) is 4.14. The molecule has 3 heteroatoms. The zero-order chi connectivity index (χ0) is 13.0. The molecule has 0 saturated heterocycles. The van der Waals surface area contributed by atoms with Crippen LogP contribution in [0.3, 0.4) is 0 Å². The number of benzene rings is 1. The summed E-state index contributed by atoms with van der Waals surface area (Å²) < 4.78 is 0. The predicted octanol–water partition coefficient (Wildman–Crippen LogP) is 3.72. The Balaban J connectivity index is 2.11. The number of hydrogen-bond donors (Lipinski definition) is 0. The highest BCUT2D eigenvalue weighted by atomic mass is 35.5. The van der Waals surface area contributed by atoms with Gasteiger partial charge in [-0.25, -0.2) is 4.98 Å². The van der Waals surface area contributed by atoms with Gasteiger partial charge in [0.2, 0.25) is 0 Å². The molecule has 0 fully saturated rings. The Kier molecular flexibility index (Phi) is 4.11.